The number of benzene rings is 3. The molecule has 0 bridgehead atoms. The number of halogens is 3. The Morgan fingerprint density at radius 1 is 0.938 bits per heavy atom. The highest BCUT2D eigenvalue weighted by Crippen LogP contribution is 2.50. The molecular formula is C25H21F3O3S. The van der Waals surface area contributed by atoms with Crippen molar-refractivity contribution in [3.63, 3.8) is 0 Å². The van der Waals surface area contributed by atoms with Crippen LogP contribution in [-0.4, -0.2) is 11.2 Å². The SMILES string of the molecule is CC(C)Oc1ccc(Oc2c(-c3ccc(F)cc3C(C)(F)F)sc3cc(O)ccc23)cc1. The van der Waals surface area contributed by atoms with Crippen LogP contribution in [0.2, 0.25) is 0 Å². The van der Waals surface area contributed by atoms with E-state index in [0.29, 0.717) is 32.2 Å². The summed E-state index contributed by atoms with van der Waals surface area (Å²) in [5.41, 5.74) is -0.256. The molecule has 0 aliphatic rings. The van der Waals surface area contributed by atoms with E-state index in [2.05, 4.69) is 0 Å². The van der Waals surface area contributed by atoms with Gasteiger partial charge in [0.05, 0.1) is 11.0 Å². The van der Waals surface area contributed by atoms with E-state index < -0.39 is 17.3 Å². The maximum absolute atomic E-state index is 14.4. The number of ether oxygens (including phenoxy) is 2. The maximum atomic E-state index is 14.4. The molecule has 3 aromatic carbocycles. The molecule has 0 aliphatic carbocycles. The summed E-state index contributed by atoms with van der Waals surface area (Å²) in [4.78, 5) is 0.421. The fraction of sp³-hybridized carbons (Fsp3) is 0.200. The molecule has 1 N–H and O–H groups in total. The predicted molar refractivity (Wildman–Crippen MR) is 121 cm³/mol. The maximum Gasteiger partial charge on any atom is 0.271 e. The molecule has 0 saturated carbocycles. The van der Waals surface area contributed by atoms with Gasteiger partial charge in [-0.2, -0.15) is 0 Å². The summed E-state index contributed by atoms with van der Waals surface area (Å²) in [7, 11) is 0. The summed E-state index contributed by atoms with van der Waals surface area (Å²) in [5.74, 6) is -2.43. The molecule has 4 aromatic rings. The predicted octanol–water partition coefficient (Wildman–Crippen LogP) is 8.10. The fourth-order valence-corrected chi connectivity index (χ4v) is 4.60. The fourth-order valence-electron chi connectivity index (χ4n) is 3.39. The molecule has 0 radical (unpaired) electrons. The second-order valence-corrected chi connectivity index (χ2v) is 8.81. The standard InChI is InChI=1S/C25H21F3O3S/c1-14(2)30-17-6-8-18(9-7-17)31-23-20-11-5-16(29)13-22(20)32-24(23)19-10-4-15(26)12-21(19)25(3,27)28/h4-14,29H,1-3H3. The molecule has 0 spiro atoms. The van der Waals surface area contributed by atoms with Gasteiger partial charge >= 0.3 is 0 Å². The molecule has 0 amide bonds. The zero-order valence-corrected chi connectivity index (χ0v) is 18.5. The molecule has 4 rings (SSSR count). The number of thiophene rings is 1. The normalized spacial score (nSPS) is 11.8. The van der Waals surface area contributed by atoms with E-state index in [-0.39, 0.29) is 17.4 Å². The van der Waals surface area contributed by atoms with E-state index in [0.717, 1.165) is 19.1 Å². The van der Waals surface area contributed by atoms with Crippen LogP contribution in [0.25, 0.3) is 20.5 Å². The Balaban J connectivity index is 1.86. The first-order chi connectivity index (χ1) is 15.1. The molecule has 166 valence electrons. The van der Waals surface area contributed by atoms with Crippen LogP contribution in [0.3, 0.4) is 0 Å². The highest BCUT2D eigenvalue weighted by molar-refractivity contribution is 7.22. The van der Waals surface area contributed by atoms with E-state index in [9.17, 15) is 18.3 Å². The zero-order valence-electron chi connectivity index (χ0n) is 17.7. The van der Waals surface area contributed by atoms with Crippen molar-refractivity contribution in [2.24, 2.45) is 0 Å². The number of phenols is 1. The molecular weight excluding hydrogens is 437 g/mol. The van der Waals surface area contributed by atoms with Crippen molar-refractivity contribution in [3.05, 3.63) is 72.0 Å². The molecule has 7 heteroatoms. The Kier molecular flexibility index (Phi) is 5.77. The number of hydrogen-bond donors (Lipinski definition) is 1. The Bertz CT molecular complexity index is 1260. The van der Waals surface area contributed by atoms with Crippen molar-refractivity contribution in [2.75, 3.05) is 0 Å². The van der Waals surface area contributed by atoms with Crippen molar-refractivity contribution in [2.45, 2.75) is 32.8 Å². The quantitative estimate of drug-likeness (QED) is 0.317. The van der Waals surface area contributed by atoms with Crippen LogP contribution < -0.4 is 9.47 Å². The van der Waals surface area contributed by atoms with Crippen molar-refractivity contribution < 1.29 is 27.8 Å². The Hall–Kier alpha value is -3.19. The molecule has 1 heterocycles. The second kappa shape index (κ2) is 8.39. The van der Waals surface area contributed by atoms with Gasteiger partial charge in [0.15, 0.2) is 5.75 Å². The van der Waals surface area contributed by atoms with Crippen molar-refractivity contribution in [1.82, 2.24) is 0 Å². The number of phenolic OH excluding ortho intramolecular Hbond substituents is 1. The third kappa shape index (κ3) is 4.53. The van der Waals surface area contributed by atoms with E-state index in [1.54, 1.807) is 36.4 Å². The molecule has 0 saturated heterocycles. The van der Waals surface area contributed by atoms with Gasteiger partial charge in [-0.25, -0.2) is 13.2 Å². The van der Waals surface area contributed by atoms with E-state index >= 15 is 0 Å². The van der Waals surface area contributed by atoms with Gasteiger partial charge in [0, 0.05) is 28.1 Å². The first-order valence-electron chi connectivity index (χ1n) is 10.00. The van der Waals surface area contributed by atoms with Gasteiger partial charge in [0.1, 0.15) is 23.1 Å². The molecule has 0 fully saturated rings. The van der Waals surface area contributed by atoms with Gasteiger partial charge in [-0.05, 0) is 68.4 Å². The summed E-state index contributed by atoms with van der Waals surface area (Å²) < 4.78 is 55.0. The zero-order chi connectivity index (χ0) is 23.0. The summed E-state index contributed by atoms with van der Waals surface area (Å²) in [5, 5.41) is 10.5. The smallest absolute Gasteiger partial charge is 0.271 e. The van der Waals surface area contributed by atoms with Crippen LogP contribution in [0.4, 0.5) is 13.2 Å². The molecule has 1 aromatic heterocycles. The van der Waals surface area contributed by atoms with Crippen LogP contribution in [-0.2, 0) is 5.92 Å². The van der Waals surface area contributed by atoms with Crippen molar-refractivity contribution in [3.8, 4) is 33.4 Å². The van der Waals surface area contributed by atoms with Crippen molar-refractivity contribution >= 4 is 21.4 Å². The minimum absolute atomic E-state index is 0.0227. The average molecular weight is 459 g/mol. The van der Waals surface area contributed by atoms with Gasteiger partial charge in [-0.1, -0.05) is 6.07 Å². The van der Waals surface area contributed by atoms with Gasteiger partial charge in [-0.15, -0.1) is 11.3 Å². The summed E-state index contributed by atoms with van der Waals surface area (Å²) in [6.07, 6.45) is 0.0227. The number of aromatic hydroxyl groups is 1. The lowest BCUT2D eigenvalue weighted by Crippen LogP contribution is -2.09. The first-order valence-corrected chi connectivity index (χ1v) is 10.8. The van der Waals surface area contributed by atoms with E-state index in [4.69, 9.17) is 9.47 Å². The highest BCUT2D eigenvalue weighted by Gasteiger charge is 2.31. The van der Waals surface area contributed by atoms with Crippen LogP contribution in [0.1, 0.15) is 26.3 Å². The highest BCUT2D eigenvalue weighted by atomic mass is 32.1. The average Bonchev–Trinajstić information content (AvgIpc) is 3.05. The van der Waals surface area contributed by atoms with Gasteiger partial charge < -0.3 is 14.6 Å². The lowest BCUT2D eigenvalue weighted by atomic mass is 10.00. The van der Waals surface area contributed by atoms with Crippen LogP contribution >= 0.6 is 11.3 Å². The molecule has 0 atom stereocenters. The molecule has 32 heavy (non-hydrogen) atoms. The molecule has 0 unspecified atom stereocenters. The minimum Gasteiger partial charge on any atom is -0.508 e. The summed E-state index contributed by atoms with van der Waals surface area (Å²) >= 11 is 1.19. The Morgan fingerprint density at radius 2 is 1.62 bits per heavy atom. The number of alkyl halides is 2. The van der Waals surface area contributed by atoms with Crippen molar-refractivity contribution in [1.29, 1.82) is 0 Å². The number of fused-ring (bicyclic) bond motifs is 1. The first kappa shape index (κ1) is 22.0. The second-order valence-electron chi connectivity index (χ2n) is 7.76. The van der Waals surface area contributed by atoms with E-state index in [1.165, 1.54) is 23.5 Å². The number of hydrogen-bond acceptors (Lipinski definition) is 4. The monoisotopic (exact) mass is 458 g/mol. The van der Waals surface area contributed by atoms with Gasteiger partial charge in [0.2, 0.25) is 0 Å². The lowest BCUT2D eigenvalue weighted by molar-refractivity contribution is 0.0178. The third-order valence-corrected chi connectivity index (χ3v) is 5.91. The Morgan fingerprint density at radius 3 is 2.28 bits per heavy atom. The van der Waals surface area contributed by atoms with Gasteiger partial charge in [-0.3, -0.25) is 0 Å². The van der Waals surface area contributed by atoms with Crippen LogP contribution in [0.5, 0.6) is 23.0 Å². The van der Waals surface area contributed by atoms with Crippen LogP contribution in [0, 0.1) is 5.82 Å². The summed E-state index contributed by atoms with van der Waals surface area (Å²) in [6.45, 7) is 4.58. The van der Waals surface area contributed by atoms with E-state index in [1.807, 2.05) is 13.8 Å². The molecule has 0 aliphatic heterocycles. The minimum atomic E-state index is -3.26. The Labute approximate surface area is 187 Å². The van der Waals surface area contributed by atoms with Crippen LogP contribution in [0.15, 0.2) is 60.7 Å². The largest absolute Gasteiger partial charge is 0.508 e. The van der Waals surface area contributed by atoms with Gasteiger partial charge in [0.25, 0.3) is 5.92 Å². The topological polar surface area (TPSA) is 38.7 Å². The number of rotatable bonds is 6. The molecule has 3 nitrogen and oxygen atoms in total. The lowest BCUT2D eigenvalue weighted by Gasteiger charge is -2.17. The third-order valence-electron chi connectivity index (χ3n) is 4.74. The summed E-state index contributed by atoms with van der Waals surface area (Å²) in [6, 6.07) is 15.0.